The highest BCUT2D eigenvalue weighted by molar-refractivity contribution is 7.82. The Balaban J connectivity index is 2.12. The lowest BCUT2D eigenvalue weighted by Gasteiger charge is -2.27. The molecule has 0 saturated carbocycles. The molecule has 0 amide bonds. The lowest BCUT2D eigenvalue weighted by molar-refractivity contribution is -0.163. The van der Waals surface area contributed by atoms with Crippen molar-refractivity contribution in [1.29, 1.82) is 0 Å². The van der Waals surface area contributed by atoms with Crippen molar-refractivity contribution in [3.05, 3.63) is 16.0 Å². The van der Waals surface area contributed by atoms with E-state index in [0.717, 1.165) is 24.3 Å². The third-order valence-corrected chi connectivity index (χ3v) is 5.32. The average Bonchev–Trinajstić information content (AvgIpc) is 3.06. The van der Waals surface area contributed by atoms with Gasteiger partial charge in [-0.2, -0.15) is 0 Å². The van der Waals surface area contributed by atoms with Crippen LogP contribution in [0.4, 0.5) is 0 Å². The second-order valence-electron chi connectivity index (χ2n) is 4.47. The molecule has 1 aliphatic heterocycles. The Hall–Kier alpha value is -0.0600. The van der Waals surface area contributed by atoms with Crippen LogP contribution in [0.3, 0.4) is 0 Å². The van der Waals surface area contributed by atoms with Crippen molar-refractivity contribution in [1.82, 2.24) is 5.32 Å². The third kappa shape index (κ3) is 4.23. The van der Waals surface area contributed by atoms with Crippen LogP contribution in [-0.4, -0.2) is 48.8 Å². The molecule has 2 N–H and O–H groups in total. The first-order chi connectivity index (χ1) is 10.1. The van der Waals surface area contributed by atoms with Crippen LogP contribution in [0.15, 0.2) is 10.3 Å². The minimum absolute atomic E-state index is 0.264. The Morgan fingerprint density at radius 2 is 2.29 bits per heavy atom. The van der Waals surface area contributed by atoms with E-state index in [2.05, 4.69) is 5.32 Å². The van der Waals surface area contributed by atoms with E-state index in [0.29, 0.717) is 36.3 Å². The highest BCUT2D eigenvalue weighted by Gasteiger charge is 2.42. The molecule has 120 valence electrons. The summed E-state index contributed by atoms with van der Waals surface area (Å²) in [5.41, 5.74) is 0.523. The zero-order valence-corrected chi connectivity index (χ0v) is 14.0. The van der Waals surface area contributed by atoms with Crippen LogP contribution < -0.4 is 5.32 Å². The van der Waals surface area contributed by atoms with Gasteiger partial charge in [-0.1, -0.05) is 11.6 Å². The van der Waals surface area contributed by atoms with Crippen molar-refractivity contribution in [3.8, 4) is 0 Å². The fourth-order valence-electron chi connectivity index (χ4n) is 2.14. The minimum Gasteiger partial charge on any atom is -0.385 e. The lowest BCUT2D eigenvalue weighted by atomic mass is 10.1. The molecule has 1 unspecified atom stereocenters. The van der Waals surface area contributed by atoms with E-state index in [9.17, 15) is 8.76 Å². The number of nitrogens with one attached hydrogen (secondary N) is 1. The molecular formula is C12H18ClNO5S2. The van der Waals surface area contributed by atoms with Gasteiger partial charge in [0.2, 0.25) is 5.79 Å². The number of ether oxygens (including phenoxy) is 3. The molecule has 0 radical (unpaired) electrons. The van der Waals surface area contributed by atoms with Gasteiger partial charge < -0.3 is 24.1 Å². The topological polar surface area (TPSA) is 77.0 Å². The molecule has 21 heavy (non-hydrogen) atoms. The zero-order valence-electron chi connectivity index (χ0n) is 11.6. The predicted molar refractivity (Wildman–Crippen MR) is 81.3 cm³/mol. The SMILES string of the molecule is COCCCNCC1(c2cc(Cl)sc2S(=O)O)OCCO1. The summed E-state index contributed by atoms with van der Waals surface area (Å²) in [5.74, 6) is -1.05. The second-order valence-corrected chi connectivity index (χ2v) is 7.32. The molecule has 1 aromatic rings. The maximum Gasteiger partial charge on any atom is 0.210 e. The van der Waals surface area contributed by atoms with Crippen LogP contribution in [0.1, 0.15) is 12.0 Å². The van der Waals surface area contributed by atoms with Gasteiger partial charge in [0.1, 0.15) is 4.21 Å². The first-order valence-corrected chi connectivity index (χ1v) is 8.77. The van der Waals surface area contributed by atoms with Gasteiger partial charge in [0, 0.05) is 19.3 Å². The quantitative estimate of drug-likeness (QED) is 0.547. The standard InChI is InChI=1S/C12H18ClNO5S2/c1-17-4-2-3-14-8-12(18-5-6-19-12)9-7-10(13)20-11(9)21(15)16/h7,14H,2-6,8H2,1H3,(H,15,16). The van der Waals surface area contributed by atoms with E-state index in [-0.39, 0.29) is 4.21 Å². The minimum atomic E-state index is -2.13. The Morgan fingerprint density at radius 3 is 2.90 bits per heavy atom. The molecule has 2 rings (SSSR count). The molecule has 2 heterocycles. The smallest absolute Gasteiger partial charge is 0.210 e. The average molecular weight is 356 g/mol. The molecule has 1 atom stereocenters. The number of hydrogen-bond donors (Lipinski definition) is 2. The summed E-state index contributed by atoms with van der Waals surface area (Å²) in [6.07, 6.45) is 0.857. The molecule has 1 aliphatic rings. The molecule has 1 saturated heterocycles. The first-order valence-electron chi connectivity index (χ1n) is 6.47. The van der Waals surface area contributed by atoms with Crippen molar-refractivity contribution in [2.75, 3.05) is 40.0 Å². The number of thiophene rings is 1. The Kier molecular flexibility index (Phi) is 6.57. The molecule has 1 aromatic heterocycles. The highest BCUT2D eigenvalue weighted by Crippen LogP contribution is 2.40. The lowest BCUT2D eigenvalue weighted by Crippen LogP contribution is -2.40. The first kappa shape index (κ1) is 17.3. The van der Waals surface area contributed by atoms with Crippen molar-refractivity contribution < 1.29 is 23.0 Å². The van der Waals surface area contributed by atoms with Crippen LogP contribution in [0.5, 0.6) is 0 Å². The van der Waals surface area contributed by atoms with Gasteiger partial charge in [0.05, 0.1) is 24.1 Å². The normalized spacial score (nSPS) is 19.0. The monoisotopic (exact) mass is 355 g/mol. The Morgan fingerprint density at radius 1 is 1.57 bits per heavy atom. The molecule has 0 aromatic carbocycles. The Labute approximate surface area is 135 Å². The second kappa shape index (κ2) is 7.98. The molecular weight excluding hydrogens is 338 g/mol. The van der Waals surface area contributed by atoms with E-state index < -0.39 is 16.9 Å². The van der Waals surface area contributed by atoms with Crippen molar-refractivity contribution in [2.45, 2.75) is 16.4 Å². The maximum atomic E-state index is 11.5. The summed E-state index contributed by atoms with van der Waals surface area (Å²) in [4.78, 5) is 0. The number of hydrogen-bond acceptors (Lipinski definition) is 6. The molecule has 9 heteroatoms. The summed E-state index contributed by atoms with van der Waals surface area (Å²) in [5, 5.41) is 3.23. The van der Waals surface area contributed by atoms with E-state index >= 15 is 0 Å². The highest BCUT2D eigenvalue weighted by atomic mass is 35.5. The van der Waals surface area contributed by atoms with Gasteiger partial charge in [0.25, 0.3) is 0 Å². The molecule has 1 fully saturated rings. The summed E-state index contributed by atoms with van der Waals surface area (Å²) < 4.78 is 38.0. The van der Waals surface area contributed by atoms with E-state index in [4.69, 9.17) is 25.8 Å². The van der Waals surface area contributed by atoms with Gasteiger partial charge in [-0.25, -0.2) is 4.21 Å². The van der Waals surface area contributed by atoms with Gasteiger partial charge >= 0.3 is 0 Å². The largest absolute Gasteiger partial charge is 0.385 e. The van der Waals surface area contributed by atoms with Crippen LogP contribution >= 0.6 is 22.9 Å². The van der Waals surface area contributed by atoms with E-state index in [1.807, 2.05) is 0 Å². The third-order valence-electron chi connectivity index (χ3n) is 3.05. The van der Waals surface area contributed by atoms with Gasteiger partial charge in [-0.15, -0.1) is 11.3 Å². The van der Waals surface area contributed by atoms with Crippen molar-refractivity contribution in [2.24, 2.45) is 0 Å². The maximum absolute atomic E-state index is 11.5. The van der Waals surface area contributed by atoms with Crippen LogP contribution in [0.25, 0.3) is 0 Å². The Bertz CT molecular complexity index is 490. The fraction of sp³-hybridized carbons (Fsp3) is 0.667. The number of rotatable bonds is 8. The van der Waals surface area contributed by atoms with Crippen LogP contribution in [-0.2, 0) is 31.1 Å². The summed E-state index contributed by atoms with van der Waals surface area (Å²) in [7, 11) is 1.65. The molecule has 0 aliphatic carbocycles. The number of methoxy groups -OCH3 is 1. The molecule has 0 bridgehead atoms. The van der Waals surface area contributed by atoms with Gasteiger partial charge in [0.15, 0.2) is 11.1 Å². The van der Waals surface area contributed by atoms with Crippen LogP contribution in [0.2, 0.25) is 4.34 Å². The van der Waals surface area contributed by atoms with Gasteiger partial charge in [-0.05, 0) is 19.0 Å². The van der Waals surface area contributed by atoms with Crippen molar-refractivity contribution >= 4 is 34.0 Å². The summed E-state index contributed by atoms with van der Waals surface area (Å²) >= 11 is 4.91. The molecule has 0 spiro atoms. The summed E-state index contributed by atoms with van der Waals surface area (Å²) in [6, 6.07) is 1.64. The summed E-state index contributed by atoms with van der Waals surface area (Å²) in [6.45, 7) is 2.65. The van der Waals surface area contributed by atoms with Crippen molar-refractivity contribution in [3.63, 3.8) is 0 Å². The van der Waals surface area contributed by atoms with E-state index in [1.165, 1.54) is 0 Å². The number of halogens is 1. The molecule has 6 nitrogen and oxygen atoms in total. The van der Waals surface area contributed by atoms with Crippen LogP contribution in [0, 0.1) is 0 Å². The van der Waals surface area contributed by atoms with E-state index in [1.54, 1.807) is 13.2 Å². The fourth-order valence-corrected chi connectivity index (χ4v) is 4.26. The zero-order chi connectivity index (χ0) is 15.3. The predicted octanol–water partition coefficient (Wildman–Crippen LogP) is 1.81. The van der Waals surface area contributed by atoms with Gasteiger partial charge in [-0.3, -0.25) is 0 Å².